The van der Waals surface area contributed by atoms with E-state index >= 15 is 0 Å². The molecule has 0 aliphatic heterocycles. The Morgan fingerprint density at radius 1 is 1.11 bits per heavy atom. The van der Waals surface area contributed by atoms with Crippen LogP contribution >= 0.6 is 11.8 Å². The van der Waals surface area contributed by atoms with Gasteiger partial charge in [0.05, 0.1) is 10.7 Å². The Morgan fingerprint density at radius 3 is 2.32 bits per heavy atom. The molecule has 1 amide bonds. The van der Waals surface area contributed by atoms with Crippen molar-refractivity contribution in [3.8, 4) is 11.4 Å². The van der Waals surface area contributed by atoms with Crippen LogP contribution in [0.5, 0.6) is 0 Å². The number of amides is 1. The third-order valence-electron chi connectivity index (χ3n) is 4.85. The number of anilines is 1. The number of rotatable bonds is 10. The van der Waals surface area contributed by atoms with Crippen molar-refractivity contribution in [2.75, 3.05) is 31.7 Å². The number of nitro benzene ring substituents is 1. The topological polar surface area (TPSA) is 194 Å². The summed E-state index contributed by atoms with van der Waals surface area (Å²) in [6.07, 6.45) is 4.33. The number of nitrogens with one attached hydrogen (secondary N) is 1. The van der Waals surface area contributed by atoms with Crippen molar-refractivity contribution in [2.24, 2.45) is 0 Å². The second-order valence-electron chi connectivity index (χ2n) is 8.05. The van der Waals surface area contributed by atoms with E-state index in [1.165, 1.54) is 23.9 Å². The molecule has 3 rings (SSSR count). The molecule has 0 fully saturated rings. The van der Waals surface area contributed by atoms with Gasteiger partial charge in [-0.3, -0.25) is 19.9 Å². The molecule has 0 bridgehead atoms. The Bertz CT molecular complexity index is 1270. The Balaban J connectivity index is 0.000000757. The largest absolute Gasteiger partial charge is 0.473 e. The summed E-state index contributed by atoms with van der Waals surface area (Å²) in [7, 11) is 4.05. The van der Waals surface area contributed by atoms with Crippen LogP contribution in [0.15, 0.2) is 47.9 Å². The van der Waals surface area contributed by atoms with Gasteiger partial charge >= 0.3 is 11.9 Å². The molecule has 14 nitrogen and oxygen atoms in total. The lowest BCUT2D eigenvalue weighted by Crippen LogP contribution is -2.17. The number of benzene rings is 1. The average molecular weight is 546 g/mol. The van der Waals surface area contributed by atoms with E-state index < -0.39 is 16.9 Å². The predicted molar refractivity (Wildman–Crippen MR) is 139 cm³/mol. The normalized spacial score (nSPS) is 10.4. The molecule has 0 radical (unpaired) electrons. The van der Waals surface area contributed by atoms with Crippen LogP contribution < -0.4 is 5.32 Å². The fourth-order valence-electron chi connectivity index (χ4n) is 3.07. The van der Waals surface area contributed by atoms with E-state index in [1.54, 1.807) is 25.4 Å². The molecule has 3 aromatic rings. The van der Waals surface area contributed by atoms with Gasteiger partial charge in [-0.15, -0.1) is 10.2 Å². The number of aliphatic carboxylic acids is 2. The van der Waals surface area contributed by atoms with E-state index in [2.05, 4.69) is 25.4 Å². The highest BCUT2D eigenvalue weighted by atomic mass is 32.2. The lowest BCUT2D eigenvalue weighted by Gasteiger charge is -2.13. The first kappa shape index (κ1) is 29.9. The molecule has 0 saturated heterocycles. The molecular weight excluding hydrogens is 518 g/mol. The lowest BCUT2D eigenvalue weighted by molar-refractivity contribution is -0.384. The fraction of sp³-hybridized carbons (Fsp3) is 0.304. The van der Waals surface area contributed by atoms with Crippen LogP contribution in [0.25, 0.3) is 11.4 Å². The number of aromatic nitrogens is 4. The second kappa shape index (κ2) is 14.4. The fourth-order valence-corrected chi connectivity index (χ4v) is 3.84. The van der Waals surface area contributed by atoms with Gasteiger partial charge in [-0.1, -0.05) is 11.8 Å². The maximum atomic E-state index is 12.5. The Kier molecular flexibility index (Phi) is 11.3. The maximum Gasteiger partial charge on any atom is 0.414 e. The van der Waals surface area contributed by atoms with E-state index in [-0.39, 0.29) is 17.3 Å². The van der Waals surface area contributed by atoms with Crippen molar-refractivity contribution in [2.45, 2.75) is 25.0 Å². The van der Waals surface area contributed by atoms with Crippen LogP contribution in [0.4, 0.5) is 11.4 Å². The van der Waals surface area contributed by atoms with E-state index in [1.807, 2.05) is 30.8 Å². The highest BCUT2D eigenvalue weighted by Gasteiger charge is 2.16. The number of nitro groups is 1. The molecule has 2 heterocycles. The molecule has 0 spiro atoms. The third-order valence-corrected chi connectivity index (χ3v) is 5.82. The molecule has 202 valence electrons. The minimum absolute atomic E-state index is 0.00987. The molecular formula is C23H27N7O7S. The molecule has 0 aliphatic rings. The van der Waals surface area contributed by atoms with Crippen molar-refractivity contribution >= 4 is 41.0 Å². The Hall–Kier alpha value is -4.37. The van der Waals surface area contributed by atoms with Crippen LogP contribution in [0, 0.1) is 17.0 Å². The first-order valence-corrected chi connectivity index (χ1v) is 12.1. The van der Waals surface area contributed by atoms with Crippen LogP contribution in [-0.2, 0) is 20.9 Å². The molecule has 0 aliphatic carbocycles. The van der Waals surface area contributed by atoms with Gasteiger partial charge in [0, 0.05) is 42.3 Å². The lowest BCUT2D eigenvalue weighted by atomic mass is 10.2. The van der Waals surface area contributed by atoms with Crippen molar-refractivity contribution in [3.05, 3.63) is 58.4 Å². The minimum Gasteiger partial charge on any atom is -0.473 e. The molecule has 15 heteroatoms. The first-order valence-electron chi connectivity index (χ1n) is 11.1. The zero-order chi connectivity index (χ0) is 28.2. The molecule has 0 unspecified atom stereocenters. The summed E-state index contributed by atoms with van der Waals surface area (Å²) in [4.78, 5) is 47.3. The van der Waals surface area contributed by atoms with Gasteiger partial charge in [0.25, 0.3) is 5.69 Å². The number of carboxylic acid groups (broad SMARTS) is 2. The predicted octanol–water partition coefficient (Wildman–Crippen LogP) is 2.39. The number of thioether (sulfide) groups is 1. The molecule has 1 aromatic carbocycles. The zero-order valence-electron chi connectivity index (χ0n) is 20.9. The summed E-state index contributed by atoms with van der Waals surface area (Å²) in [5, 5.41) is 37.8. The molecule has 38 heavy (non-hydrogen) atoms. The number of carbonyl (C=O) groups excluding carboxylic acids is 1. The van der Waals surface area contributed by atoms with Gasteiger partial charge in [0.15, 0.2) is 11.0 Å². The van der Waals surface area contributed by atoms with Crippen LogP contribution in [0.3, 0.4) is 0 Å². The second-order valence-corrected chi connectivity index (χ2v) is 9.00. The number of pyridine rings is 1. The van der Waals surface area contributed by atoms with Crippen LogP contribution in [-0.4, -0.2) is 84.0 Å². The average Bonchev–Trinajstić information content (AvgIpc) is 3.27. The Morgan fingerprint density at radius 2 is 1.76 bits per heavy atom. The molecule has 2 aromatic heterocycles. The van der Waals surface area contributed by atoms with Crippen molar-refractivity contribution < 1.29 is 29.5 Å². The summed E-state index contributed by atoms with van der Waals surface area (Å²) in [6, 6.07) is 8.11. The van der Waals surface area contributed by atoms with Crippen molar-refractivity contribution in [1.29, 1.82) is 0 Å². The van der Waals surface area contributed by atoms with Gasteiger partial charge in [-0.05, 0) is 57.7 Å². The molecule has 3 N–H and O–H groups in total. The van der Waals surface area contributed by atoms with Gasteiger partial charge < -0.3 is 25.0 Å². The number of hydrogen-bond donors (Lipinski definition) is 3. The number of carbonyl (C=O) groups is 3. The number of nitrogens with zero attached hydrogens (tertiary/aromatic N) is 6. The molecule has 0 saturated carbocycles. The number of hydrogen-bond acceptors (Lipinski definition) is 10. The van der Waals surface area contributed by atoms with Crippen LogP contribution in [0.2, 0.25) is 0 Å². The van der Waals surface area contributed by atoms with E-state index in [0.29, 0.717) is 23.0 Å². The van der Waals surface area contributed by atoms with E-state index in [9.17, 15) is 14.9 Å². The highest BCUT2D eigenvalue weighted by molar-refractivity contribution is 7.99. The number of non-ortho nitro benzene ring substituents is 1. The van der Waals surface area contributed by atoms with E-state index in [0.717, 1.165) is 24.4 Å². The van der Waals surface area contributed by atoms with E-state index in [4.69, 9.17) is 19.8 Å². The third kappa shape index (κ3) is 9.25. The number of aryl methyl sites for hydroxylation is 1. The molecule has 0 atom stereocenters. The van der Waals surface area contributed by atoms with Gasteiger partial charge in [0.1, 0.15) is 0 Å². The summed E-state index contributed by atoms with van der Waals surface area (Å²) in [6.45, 7) is 3.35. The van der Waals surface area contributed by atoms with Crippen LogP contribution in [0.1, 0.15) is 12.0 Å². The first-order chi connectivity index (χ1) is 18.0. The number of carboxylic acids is 2. The standard InChI is InChI=1S/C21H25N7O3S.C2H2O4/c1-15-13-17(28(30)31)5-6-18(15)23-19(29)14-32-21-25-24-20(16-7-9-22-10-8-16)27(21)12-4-11-26(2)3;3-1(4)2(5)6/h5-10,13H,4,11-12,14H2,1-3H3,(H,23,29);(H,3,4)(H,5,6). The smallest absolute Gasteiger partial charge is 0.414 e. The Labute approximate surface area is 221 Å². The van der Waals surface area contributed by atoms with Crippen molar-refractivity contribution in [3.63, 3.8) is 0 Å². The van der Waals surface area contributed by atoms with Crippen molar-refractivity contribution in [1.82, 2.24) is 24.6 Å². The quantitative estimate of drug-likeness (QED) is 0.146. The minimum atomic E-state index is -1.82. The maximum absolute atomic E-state index is 12.5. The van der Waals surface area contributed by atoms with Gasteiger partial charge in [-0.2, -0.15) is 0 Å². The monoisotopic (exact) mass is 545 g/mol. The summed E-state index contributed by atoms with van der Waals surface area (Å²) < 4.78 is 2.02. The van der Waals surface area contributed by atoms with Gasteiger partial charge in [-0.25, -0.2) is 9.59 Å². The SMILES string of the molecule is Cc1cc([N+](=O)[O-])ccc1NC(=O)CSc1nnc(-c2ccncc2)n1CCCN(C)C.O=C(O)C(=O)O. The van der Waals surface area contributed by atoms with Gasteiger partial charge in [0.2, 0.25) is 5.91 Å². The zero-order valence-corrected chi connectivity index (χ0v) is 21.7. The summed E-state index contributed by atoms with van der Waals surface area (Å²) >= 11 is 1.30. The summed E-state index contributed by atoms with van der Waals surface area (Å²) in [5.41, 5.74) is 2.08. The highest BCUT2D eigenvalue weighted by Crippen LogP contribution is 2.25. The summed E-state index contributed by atoms with van der Waals surface area (Å²) in [5.74, 6) is -3.00.